The van der Waals surface area contributed by atoms with Gasteiger partial charge >= 0.3 is 12.3 Å². The summed E-state index contributed by atoms with van der Waals surface area (Å²) in [6, 6.07) is 5.03. The molecule has 1 rings (SSSR count). The molecule has 0 saturated heterocycles. The van der Waals surface area contributed by atoms with Crippen LogP contribution in [0, 0.1) is 5.92 Å². The van der Waals surface area contributed by atoms with Gasteiger partial charge in [0.2, 0.25) is 0 Å². The molecule has 0 radical (unpaired) electrons. The molecule has 0 fully saturated rings. The van der Waals surface area contributed by atoms with Gasteiger partial charge in [0.05, 0.1) is 7.11 Å². The molecule has 0 aliphatic rings. The summed E-state index contributed by atoms with van der Waals surface area (Å²) in [6.45, 7) is 1.86. The molecular formula is C14H18F3NO3. The van der Waals surface area contributed by atoms with Crippen molar-refractivity contribution < 1.29 is 27.4 Å². The summed E-state index contributed by atoms with van der Waals surface area (Å²) in [7, 11) is 1.31. The van der Waals surface area contributed by atoms with Crippen LogP contribution in [-0.4, -0.2) is 19.4 Å². The maximum atomic E-state index is 12.0. The van der Waals surface area contributed by atoms with E-state index in [0.29, 0.717) is 12.0 Å². The molecule has 2 atom stereocenters. The van der Waals surface area contributed by atoms with Gasteiger partial charge in [-0.15, -0.1) is 13.2 Å². The zero-order chi connectivity index (χ0) is 16.0. The highest BCUT2D eigenvalue weighted by atomic mass is 19.4. The van der Waals surface area contributed by atoms with Crippen molar-refractivity contribution in [3.05, 3.63) is 29.8 Å². The standard InChI is InChI=1S/C14H18F3NO3/c1-9(8-13(19)20-2)7-12(18)10-3-5-11(6-4-10)21-14(15,16)17/h3-6,9,12H,7-8,18H2,1-2H3. The largest absolute Gasteiger partial charge is 0.573 e. The van der Waals surface area contributed by atoms with Crippen LogP contribution in [0.2, 0.25) is 0 Å². The number of hydrogen-bond acceptors (Lipinski definition) is 4. The van der Waals surface area contributed by atoms with Gasteiger partial charge in [-0.2, -0.15) is 0 Å². The van der Waals surface area contributed by atoms with E-state index in [-0.39, 0.29) is 30.1 Å². The Kier molecular flexibility index (Phi) is 6.02. The van der Waals surface area contributed by atoms with Crippen molar-refractivity contribution in [2.24, 2.45) is 11.7 Å². The van der Waals surface area contributed by atoms with Gasteiger partial charge in [-0.05, 0) is 30.0 Å². The normalized spacial score (nSPS) is 14.4. The van der Waals surface area contributed by atoms with Crippen molar-refractivity contribution in [1.29, 1.82) is 0 Å². The lowest BCUT2D eigenvalue weighted by Crippen LogP contribution is -2.18. The van der Waals surface area contributed by atoms with Crippen LogP contribution < -0.4 is 10.5 Å². The van der Waals surface area contributed by atoms with Crippen LogP contribution in [0.5, 0.6) is 5.75 Å². The number of ether oxygens (including phenoxy) is 2. The predicted molar refractivity (Wildman–Crippen MR) is 70.5 cm³/mol. The van der Waals surface area contributed by atoms with Gasteiger partial charge < -0.3 is 15.2 Å². The predicted octanol–water partition coefficient (Wildman–Crippen LogP) is 3.17. The second-order valence-corrected chi connectivity index (χ2v) is 4.84. The number of esters is 1. The van der Waals surface area contributed by atoms with Crippen LogP contribution in [0.15, 0.2) is 24.3 Å². The van der Waals surface area contributed by atoms with Gasteiger partial charge in [0.15, 0.2) is 0 Å². The Balaban J connectivity index is 2.58. The molecule has 1 aromatic carbocycles. The molecule has 118 valence electrons. The number of hydrogen-bond donors (Lipinski definition) is 1. The third-order valence-electron chi connectivity index (χ3n) is 2.94. The molecule has 0 heterocycles. The highest BCUT2D eigenvalue weighted by Crippen LogP contribution is 2.26. The van der Waals surface area contributed by atoms with Crippen molar-refractivity contribution in [2.45, 2.75) is 32.2 Å². The Hall–Kier alpha value is -1.76. The lowest BCUT2D eigenvalue weighted by Gasteiger charge is -2.17. The van der Waals surface area contributed by atoms with Crippen LogP contribution in [-0.2, 0) is 9.53 Å². The zero-order valence-electron chi connectivity index (χ0n) is 11.8. The number of carbonyl (C=O) groups is 1. The van der Waals surface area contributed by atoms with Crippen LogP contribution in [0.1, 0.15) is 31.4 Å². The minimum absolute atomic E-state index is 0.0125. The zero-order valence-corrected chi connectivity index (χ0v) is 11.8. The first-order valence-corrected chi connectivity index (χ1v) is 6.39. The fourth-order valence-corrected chi connectivity index (χ4v) is 1.94. The van der Waals surface area contributed by atoms with Gasteiger partial charge in [0.1, 0.15) is 5.75 Å². The Labute approximate surface area is 121 Å². The van der Waals surface area contributed by atoms with E-state index in [1.807, 2.05) is 6.92 Å². The maximum absolute atomic E-state index is 12.0. The van der Waals surface area contributed by atoms with Crippen molar-refractivity contribution >= 4 is 5.97 Å². The fourth-order valence-electron chi connectivity index (χ4n) is 1.94. The van der Waals surface area contributed by atoms with E-state index >= 15 is 0 Å². The van der Waals surface area contributed by atoms with E-state index in [1.165, 1.54) is 31.4 Å². The molecule has 0 bridgehead atoms. The first-order valence-electron chi connectivity index (χ1n) is 6.39. The third-order valence-corrected chi connectivity index (χ3v) is 2.94. The van der Waals surface area contributed by atoms with Crippen LogP contribution in [0.3, 0.4) is 0 Å². The minimum Gasteiger partial charge on any atom is -0.469 e. The van der Waals surface area contributed by atoms with E-state index in [4.69, 9.17) is 5.73 Å². The van der Waals surface area contributed by atoms with Gasteiger partial charge in [0.25, 0.3) is 0 Å². The molecule has 1 aromatic rings. The highest BCUT2D eigenvalue weighted by molar-refractivity contribution is 5.69. The average Bonchev–Trinajstić information content (AvgIpc) is 2.37. The maximum Gasteiger partial charge on any atom is 0.573 e. The van der Waals surface area contributed by atoms with E-state index in [0.717, 1.165) is 0 Å². The number of carbonyl (C=O) groups excluding carboxylic acids is 1. The van der Waals surface area contributed by atoms with Gasteiger partial charge in [-0.3, -0.25) is 4.79 Å². The Morgan fingerprint density at radius 1 is 1.29 bits per heavy atom. The molecule has 0 saturated carbocycles. The van der Waals surface area contributed by atoms with Gasteiger partial charge in [0, 0.05) is 12.5 Å². The highest BCUT2D eigenvalue weighted by Gasteiger charge is 2.31. The van der Waals surface area contributed by atoms with Crippen molar-refractivity contribution in [2.75, 3.05) is 7.11 Å². The van der Waals surface area contributed by atoms with E-state index < -0.39 is 6.36 Å². The summed E-state index contributed by atoms with van der Waals surface area (Å²) in [6.07, 6.45) is -3.94. The van der Waals surface area contributed by atoms with Gasteiger partial charge in [-0.25, -0.2) is 0 Å². The van der Waals surface area contributed by atoms with Crippen molar-refractivity contribution in [3.8, 4) is 5.75 Å². The third kappa shape index (κ3) is 6.48. The summed E-state index contributed by atoms with van der Waals surface area (Å²) in [5.74, 6) is -0.594. The summed E-state index contributed by atoms with van der Waals surface area (Å²) in [5, 5.41) is 0. The molecule has 0 aromatic heterocycles. The second kappa shape index (κ2) is 7.31. The molecule has 0 spiro atoms. The molecule has 0 amide bonds. The monoisotopic (exact) mass is 305 g/mol. The SMILES string of the molecule is COC(=O)CC(C)CC(N)c1ccc(OC(F)(F)F)cc1. The minimum atomic E-state index is -4.71. The lowest BCUT2D eigenvalue weighted by molar-refractivity contribution is -0.274. The molecular weight excluding hydrogens is 287 g/mol. The number of benzene rings is 1. The molecule has 7 heteroatoms. The van der Waals surface area contributed by atoms with Crippen LogP contribution >= 0.6 is 0 Å². The van der Waals surface area contributed by atoms with Crippen molar-refractivity contribution in [3.63, 3.8) is 0 Å². The Morgan fingerprint density at radius 2 is 1.86 bits per heavy atom. The topological polar surface area (TPSA) is 61.5 Å². The Bertz CT molecular complexity index is 460. The summed E-state index contributed by atoms with van der Waals surface area (Å²) in [5.41, 5.74) is 6.66. The number of alkyl halides is 3. The summed E-state index contributed by atoms with van der Waals surface area (Å²) >= 11 is 0. The molecule has 2 N–H and O–H groups in total. The number of halogens is 3. The van der Waals surface area contributed by atoms with Crippen LogP contribution in [0.25, 0.3) is 0 Å². The van der Waals surface area contributed by atoms with Crippen molar-refractivity contribution in [1.82, 2.24) is 0 Å². The first-order chi connectivity index (χ1) is 9.71. The summed E-state index contributed by atoms with van der Waals surface area (Å²) in [4.78, 5) is 11.1. The fraction of sp³-hybridized carbons (Fsp3) is 0.500. The summed E-state index contributed by atoms with van der Waals surface area (Å²) < 4.78 is 44.5. The smallest absolute Gasteiger partial charge is 0.469 e. The average molecular weight is 305 g/mol. The van der Waals surface area contributed by atoms with Gasteiger partial charge in [-0.1, -0.05) is 19.1 Å². The molecule has 0 aliphatic heterocycles. The van der Waals surface area contributed by atoms with E-state index in [1.54, 1.807) is 0 Å². The molecule has 4 nitrogen and oxygen atoms in total. The lowest BCUT2D eigenvalue weighted by atomic mass is 9.94. The van der Waals surface area contributed by atoms with E-state index in [9.17, 15) is 18.0 Å². The molecule has 21 heavy (non-hydrogen) atoms. The first kappa shape index (κ1) is 17.3. The number of rotatable bonds is 6. The Morgan fingerprint density at radius 3 is 2.33 bits per heavy atom. The quantitative estimate of drug-likeness (QED) is 0.820. The molecule has 0 aliphatic carbocycles. The van der Waals surface area contributed by atoms with Crippen LogP contribution in [0.4, 0.5) is 13.2 Å². The second-order valence-electron chi connectivity index (χ2n) is 4.84. The number of methoxy groups -OCH3 is 1. The molecule has 2 unspecified atom stereocenters. The number of nitrogens with two attached hydrogens (primary N) is 1. The van der Waals surface area contributed by atoms with E-state index in [2.05, 4.69) is 9.47 Å².